The Morgan fingerprint density at radius 3 is 2.83 bits per heavy atom. The summed E-state index contributed by atoms with van der Waals surface area (Å²) < 4.78 is 0. The van der Waals surface area contributed by atoms with E-state index in [1.54, 1.807) is 4.90 Å². The fraction of sp³-hybridized carbons (Fsp3) is 0.417. The van der Waals surface area contributed by atoms with Gasteiger partial charge in [-0.25, -0.2) is 9.78 Å². The number of terminal acetylenes is 1. The molecular weight excluding hydrogens is 252 g/mol. The summed E-state index contributed by atoms with van der Waals surface area (Å²) in [4.78, 5) is 28.2. The maximum absolute atomic E-state index is 12.1. The Hall–Kier alpha value is -1.87. The summed E-state index contributed by atoms with van der Waals surface area (Å²) in [5.74, 6) is 1.56. The van der Waals surface area contributed by atoms with Crippen LogP contribution >= 0.6 is 11.3 Å². The zero-order valence-electron chi connectivity index (χ0n) is 9.63. The molecule has 0 radical (unpaired) electrons. The normalized spacial score (nSPS) is 13.9. The Balaban J connectivity index is 2.10. The molecule has 1 N–H and O–H groups in total. The summed E-state index contributed by atoms with van der Waals surface area (Å²) in [6.45, 7) is 0.859. The van der Waals surface area contributed by atoms with Gasteiger partial charge in [-0.05, 0) is 18.8 Å². The Kier molecular flexibility index (Phi) is 3.63. The molecule has 1 amide bonds. The number of thiazole rings is 1. The monoisotopic (exact) mass is 264 g/mol. The van der Waals surface area contributed by atoms with Crippen molar-refractivity contribution in [2.45, 2.75) is 12.8 Å². The summed E-state index contributed by atoms with van der Waals surface area (Å²) in [7, 11) is 0. The van der Waals surface area contributed by atoms with E-state index in [0.29, 0.717) is 12.5 Å². The predicted octanol–water partition coefficient (Wildman–Crippen LogP) is 1.33. The Morgan fingerprint density at radius 1 is 1.61 bits per heavy atom. The van der Waals surface area contributed by atoms with Gasteiger partial charge in [0.05, 0.1) is 6.54 Å². The molecule has 1 aliphatic carbocycles. The third kappa shape index (κ3) is 2.87. The van der Waals surface area contributed by atoms with Crippen molar-refractivity contribution in [1.82, 2.24) is 9.88 Å². The lowest BCUT2D eigenvalue weighted by atomic mass is 10.3. The van der Waals surface area contributed by atoms with Crippen LogP contribution in [-0.4, -0.2) is 40.0 Å². The van der Waals surface area contributed by atoms with E-state index in [1.807, 2.05) is 0 Å². The first kappa shape index (κ1) is 12.6. The van der Waals surface area contributed by atoms with Crippen molar-refractivity contribution >= 4 is 23.2 Å². The fourth-order valence-corrected chi connectivity index (χ4v) is 2.20. The van der Waals surface area contributed by atoms with Crippen LogP contribution in [-0.2, 0) is 0 Å². The van der Waals surface area contributed by atoms with Crippen molar-refractivity contribution in [3.8, 4) is 12.3 Å². The fourth-order valence-electron chi connectivity index (χ4n) is 1.57. The van der Waals surface area contributed by atoms with Crippen LogP contribution in [0.3, 0.4) is 0 Å². The number of carboxylic acid groups (broad SMARTS) is 1. The van der Waals surface area contributed by atoms with Crippen molar-refractivity contribution in [3.63, 3.8) is 0 Å². The Bertz CT molecular complexity index is 514. The van der Waals surface area contributed by atoms with Crippen molar-refractivity contribution in [1.29, 1.82) is 0 Å². The third-order valence-electron chi connectivity index (χ3n) is 2.65. The minimum Gasteiger partial charge on any atom is -0.476 e. The van der Waals surface area contributed by atoms with Gasteiger partial charge in [-0.3, -0.25) is 4.79 Å². The van der Waals surface area contributed by atoms with Gasteiger partial charge < -0.3 is 10.0 Å². The van der Waals surface area contributed by atoms with Crippen molar-refractivity contribution in [3.05, 3.63) is 16.1 Å². The number of aromatic carboxylic acids is 1. The molecular formula is C12H12N2O3S. The van der Waals surface area contributed by atoms with Crippen LogP contribution in [0.25, 0.3) is 0 Å². The first-order chi connectivity index (χ1) is 8.61. The lowest BCUT2D eigenvalue weighted by Gasteiger charge is -2.18. The highest BCUT2D eigenvalue weighted by atomic mass is 32.1. The van der Waals surface area contributed by atoms with Crippen LogP contribution in [0, 0.1) is 18.3 Å². The van der Waals surface area contributed by atoms with Crippen LogP contribution in [0.1, 0.15) is 33.1 Å². The van der Waals surface area contributed by atoms with E-state index >= 15 is 0 Å². The largest absolute Gasteiger partial charge is 0.476 e. The van der Waals surface area contributed by atoms with Gasteiger partial charge in [0.25, 0.3) is 5.91 Å². The minimum absolute atomic E-state index is 0.0783. The Labute approximate surface area is 108 Å². The van der Waals surface area contributed by atoms with Gasteiger partial charge in [0.1, 0.15) is 5.69 Å². The third-order valence-corrected chi connectivity index (χ3v) is 3.48. The molecule has 0 bridgehead atoms. The maximum atomic E-state index is 12.1. The molecule has 0 atom stereocenters. The van der Waals surface area contributed by atoms with E-state index in [2.05, 4.69) is 10.9 Å². The standard InChI is InChI=1S/C12H12N2O3S/c1-2-5-14(6-8-3-4-8)11(15)9-7-18-10(13-9)12(16)17/h1,7-8H,3-6H2,(H,16,17). The molecule has 0 saturated heterocycles. The lowest BCUT2D eigenvalue weighted by molar-refractivity contribution is 0.0696. The average molecular weight is 264 g/mol. The molecule has 1 aliphatic rings. The lowest BCUT2D eigenvalue weighted by Crippen LogP contribution is -2.33. The number of amides is 1. The first-order valence-electron chi connectivity index (χ1n) is 5.53. The van der Waals surface area contributed by atoms with Crippen molar-refractivity contribution < 1.29 is 14.7 Å². The molecule has 0 spiro atoms. The van der Waals surface area contributed by atoms with Crippen LogP contribution in [0.5, 0.6) is 0 Å². The number of carbonyl (C=O) groups excluding carboxylic acids is 1. The molecule has 1 aromatic heterocycles. The number of nitrogens with zero attached hydrogens (tertiary/aromatic N) is 2. The van der Waals surface area contributed by atoms with Crippen molar-refractivity contribution in [2.24, 2.45) is 5.92 Å². The minimum atomic E-state index is -1.12. The van der Waals surface area contributed by atoms with Crippen LogP contribution in [0.2, 0.25) is 0 Å². The molecule has 2 rings (SSSR count). The first-order valence-corrected chi connectivity index (χ1v) is 6.41. The number of aromatic nitrogens is 1. The van der Waals surface area contributed by atoms with Gasteiger partial charge >= 0.3 is 5.97 Å². The number of rotatable bonds is 5. The highest BCUT2D eigenvalue weighted by Crippen LogP contribution is 2.30. The molecule has 0 unspecified atom stereocenters. The van der Waals surface area contributed by atoms with E-state index < -0.39 is 5.97 Å². The molecule has 5 nitrogen and oxygen atoms in total. The van der Waals surface area contributed by atoms with Gasteiger partial charge in [-0.15, -0.1) is 17.8 Å². The summed E-state index contributed by atoms with van der Waals surface area (Å²) in [5, 5.41) is 10.2. The number of carbonyl (C=O) groups is 2. The summed E-state index contributed by atoms with van der Waals surface area (Å²) in [5.41, 5.74) is 0.160. The van der Waals surface area contributed by atoms with Crippen LogP contribution in [0.15, 0.2) is 5.38 Å². The number of hydrogen-bond acceptors (Lipinski definition) is 4. The van der Waals surface area contributed by atoms with Gasteiger partial charge in [-0.2, -0.15) is 0 Å². The molecule has 0 aromatic carbocycles. The second-order valence-corrected chi connectivity index (χ2v) is 5.03. The highest BCUT2D eigenvalue weighted by molar-refractivity contribution is 7.11. The molecule has 6 heteroatoms. The van der Waals surface area contributed by atoms with Gasteiger partial charge in [0, 0.05) is 11.9 Å². The van der Waals surface area contributed by atoms with E-state index in [0.717, 1.165) is 24.2 Å². The molecule has 1 fully saturated rings. The second-order valence-electron chi connectivity index (χ2n) is 4.18. The predicted molar refractivity (Wildman–Crippen MR) is 66.5 cm³/mol. The smallest absolute Gasteiger partial charge is 0.365 e. The number of hydrogen-bond donors (Lipinski definition) is 1. The quantitative estimate of drug-likeness (QED) is 0.814. The summed E-state index contributed by atoms with van der Waals surface area (Å²) >= 11 is 0.946. The van der Waals surface area contributed by atoms with Gasteiger partial charge in [0.2, 0.25) is 5.01 Å². The topological polar surface area (TPSA) is 70.5 Å². The van der Waals surface area contributed by atoms with Crippen molar-refractivity contribution in [2.75, 3.05) is 13.1 Å². The second kappa shape index (κ2) is 5.19. The molecule has 94 valence electrons. The molecule has 0 aliphatic heterocycles. The molecule has 18 heavy (non-hydrogen) atoms. The SMILES string of the molecule is C#CCN(CC1CC1)C(=O)c1csc(C(=O)O)n1. The van der Waals surface area contributed by atoms with E-state index in [4.69, 9.17) is 11.5 Å². The average Bonchev–Trinajstić information content (AvgIpc) is 3.01. The van der Waals surface area contributed by atoms with E-state index in [1.165, 1.54) is 5.38 Å². The Morgan fingerprint density at radius 2 is 2.33 bits per heavy atom. The summed E-state index contributed by atoms with van der Waals surface area (Å²) in [6.07, 6.45) is 7.47. The molecule has 1 saturated carbocycles. The zero-order chi connectivity index (χ0) is 13.1. The highest BCUT2D eigenvalue weighted by Gasteiger charge is 2.28. The maximum Gasteiger partial charge on any atom is 0.365 e. The van der Waals surface area contributed by atoms with Gasteiger partial charge in [-0.1, -0.05) is 5.92 Å². The van der Waals surface area contributed by atoms with Crippen LogP contribution < -0.4 is 0 Å². The van der Waals surface area contributed by atoms with E-state index in [-0.39, 0.29) is 23.2 Å². The summed E-state index contributed by atoms with van der Waals surface area (Å²) in [6, 6.07) is 0. The van der Waals surface area contributed by atoms with E-state index in [9.17, 15) is 9.59 Å². The van der Waals surface area contributed by atoms with Crippen LogP contribution in [0.4, 0.5) is 0 Å². The molecule has 1 heterocycles. The molecule has 1 aromatic rings. The zero-order valence-corrected chi connectivity index (χ0v) is 10.4. The number of carboxylic acids is 1. The van der Waals surface area contributed by atoms with Gasteiger partial charge in [0.15, 0.2) is 0 Å².